The molecule has 0 amide bonds. The van der Waals surface area contributed by atoms with Crippen molar-refractivity contribution in [1.29, 1.82) is 0 Å². The maximum atomic E-state index is 13.3. The van der Waals surface area contributed by atoms with Crippen molar-refractivity contribution in [2.45, 2.75) is 6.42 Å². The van der Waals surface area contributed by atoms with E-state index < -0.39 is 11.8 Å². The molecular formula is C14H10FNO3. The van der Waals surface area contributed by atoms with E-state index in [1.807, 2.05) is 0 Å². The van der Waals surface area contributed by atoms with E-state index in [1.165, 1.54) is 18.4 Å². The number of carbonyl (C=O) groups is 1. The van der Waals surface area contributed by atoms with Crippen LogP contribution in [0.2, 0.25) is 0 Å². The number of aromatic amines is 1. The monoisotopic (exact) mass is 259 g/mol. The summed E-state index contributed by atoms with van der Waals surface area (Å²) in [5.41, 5.74) is 1.79. The first-order valence-electron chi connectivity index (χ1n) is 5.71. The number of furan rings is 1. The lowest BCUT2D eigenvalue weighted by Crippen LogP contribution is -2.00. The number of carboxylic acid groups (broad SMARTS) is 1. The fourth-order valence-corrected chi connectivity index (χ4v) is 2.19. The fraction of sp³-hybridized carbons (Fsp3) is 0.0714. The highest BCUT2D eigenvalue weighted by atomic mass is 19.1. The summed E-state index contributed by atoms with van der Waals surface area (Å²) in [7, 11) is 0. The SMILES string of the molecule is O=C(O)Cc1c(-c2ccco2)[nH]c2ccc(F)cc12. The Morgan fingerprint density at radius 3 is 2.89 bits per heavy atom. The normalized spacial score (nSPS) is 11.0. The zero-order chi connectivity index (χ0) is 13.4. The molecule has 0 atom stereocenters. The van der Waals surface area contributed by atoms with Crippen LogP contribution in [-0.4, -0.2) is 16.1 Å². The average molecular weight is 259 g/mol. The fourth-order valence-electron chi connectivity index (χ4n) is 2.19. The molecule has 1 aromatic carbocycles. The Bertz CT molecular complexity index is 743. The highest BCUT2D eigenvalue weighted by Gasteiger charge is 2.17. The van der Waals surface area contributed by atoms with E-state index >= 15 is 0 Å². The maximum Gasteiger partial charge on any atom is 0.307 e. The number of halogens is 1. The number of nitrogens with one attached hydrogen (secondary N) is 1. The summed E-state index contributed by atoms with van der Waals surface area (Å²) in [6, 6.07) is 7.69. The van der Waals surface area contributed by atoms with Gasteiger partial charge in [-0.3, -0.25) is 4.79 Å². The number of hydrogen-bond acceptors (Lipinski definition) is 2. The molecule has 19 heavy (non-hydrogen) atoms. The smallest absolute Gasteiger partial charge is 0.307 e. The molecule has 0 fully saturated rings. The van der Waals surface area contributed by atoms with Crippen LogP contribution in [0.3, 0.4) is 0 Å². The number of hydrogen-bond donors (Lipinski definition) is 2. The summed E-state index contributed by atoms with van der Waals surface area (Å²) in [5.74, 6) is -0.838. The van der Waals surface area contributed by atoms with Gasteiger partial charge in [-0.15, -0.1) is 0 Å². The van der Waals surface area contributed by atoms with Crippen LogP contribution >= 0.6 is 0 Å². The average Bonchev–Trinajstić information content (AvgIpc) is 2.97. The molecule has 2 aromatic heterocycles. The van der Waals surface area contributed by atoms with Crippen molar-refractivity contribution in [3.63, 3.8) is 0 Å². The molecule has 0 saturated heterocycles. The van der Waals surface area contributed by atoms with Crippen LogP contribution in [0.15, 0.2) is 41.0 Å². The van der Waals surface area contributed by atoms with E-state index in [0.717, 1.165) is 0 Å². The molecule has 2 heterocycles. The van der Waals surface area contributed by atoms with Gasteiger partial charge in [-0.2, -0.15) is 0 Å². The molecule has 0 unspecified atom stereocenters. The first-order chi connectivity index (χ1) is 9.15. The first kappa shape index (κ1) is 11.5. The van der Waals surface area contributed by atoms with Gasteiger partial charge < -0.3 is 14.5 Å². The number of carboxylic acids is 1. The second kappa shape index (κ2) is 4.28. The van der Waals surface area contributed by atoms with Crippen LogP contribution in [-0.2, 0) is 11.2 Å². The van der Waals surface area contributed by atoms with Gasteiger partial charge in [-0.25, -0.2) is 4.39 Å². The molecule has 3 aromatic rings. The number of fused-ring (bicyclic) bond motifs is 1. The van der Waals surface area contributed by atoms with Gasteiger partial charge in [-0.1, -0.05) is 0 Å². The number of aliphatic carboxylic acids is 1. The van der Waals surface area contributed by atoms with Gasteiger partial charge in [0, 0.05) is 10.9 Å². The lowest BCUT2D eigenvalue weighted by molar-refractivity contribution is -0.136. The number of rotatable bonds is 3. The summed E-state index contributed by atoms with van der Waals surface area (Å²) in [4.78, 5) is 14.1. The Morgan fingerprint density at radius 1 is 1.37 bits per heavy atom. The van der Waals surface area contributed by atoms with Gasteiger partial charge in [0.15, 0.2) is 0 Å². The van der Waals surface area contributed by atoms with Crippen LogP contribution in [0.25, 0.3) is 22.4 Å². The molecule has 0 aliphatic heterocycles. The van der Waals surface area contributed by atoms with E-state index in [2.05, 4.69) is 4.98 Å². The van der Waals surface area contributed by atoms with Gasteiger partial charge in [0.25, 0.3) is 0 Å². The summed E-state index contributed by atoms with van der Waals surface area (Å²) in [6.07, 6.45) is 1.31. The zero-order valence-electron chi connectivity index (χ0n) is 9.81. The molecule has 0 spiro atoms. The third-order valence-corrected chi connectivity index (χ3v) is 2.96. The molecule has 5 heteroatoms. The third-order valence-electron chi connectivity index (χ3n) is 2.96. The minimum absolute atomic E-state index is 0.195. The molecule has 0 aliphatic carbocycles. The Labute approximate surface area is 107 Å². The van der Waals surface area contributed by atoms with Gasteiger partial charge >= 0.3 is 5.97 Å². The van der Waals surface area contributed by atoms with Crippen molar-refractivity contribution in [3.8, 4) is 11.5 Å². The highest BCUT2D eigenvalue weighted by Crippen LogP contribution is 2.31. The largest absolute Gasteiger partial charge is 0.481 e. The lowest BCUT2D eigenvalue weighted by Gasteiger charge is -1.99. The molecule has 0 aliphatic rings. The molecule has 0 saturated carbocycles. The molecular weight excluding hydrogens is 249 g/mol. The van der Waals surface area contributed by atoms with Crippen molar-refractivity contribution >= 4 is 16.9 Å². The number of aromatic nitrogens is 1. The lowest BCUT2D eigenvalue weighted by atomic mass is 10.1. The molecule has 2 N–H and O–H groups in total. The Balaban J connectivity index is 2.28. The van der Waals surface area contributed by atoms with Crippen molar-refractivity contribution in [2.24, 2.45) is 0 Å². The molecule has 0 radical (unpaired) electrons. The Morgan fingerprint density at radius 2 is 2.21 bits per heavy atom. The van der Waals surface area contributed by atoms with Gasteiger partial charge in [0.2, 0.25) is 0 Å². The van der Waals surface area contributed by atoms with E-state index in [1.54, 1.807) is 18.2 Å². The first-order valence-corrected chi connectivity index (χ1v) is 5.71. The maximum absolute atomic E-state index is 13.3. The predicted octanol–water partition coefficient (Wildman–Crippen LogP) is 3.19. The Hall–Kier alpha value is -2.56. The van der Waals surface area contributed by atoms with Crippen LogP contribution in [0.4, 0.5) is 4.39 Å². The Kier molecular flexibility index (Phi) is 2.59. The predicted molar refractivity (Wildman–Crippen MR) is 67.3 cm³/mol. The van der Waals surface area contributed by atoms with Crippen molar-refractivity contribution in [1.82, 2.24) is 4.98 Å². The van der Waals surface area contributed by atoms with Crippen molar-refractivity contribution < 1.29 is 18.7 Å². The van der Waals surface area contributed by atoms with E-state index in [4.69, 9.17) is 9.52 Å². The summed E-state index contributed by atoms with van der Waals surface area (Å²) in [6.45, 7) is 0. The number of H-pyrrole nitrogens is 1. The van der Waals surface area contributed by atoms with Gasteiger partial charge in [-0.05, 0) is 35.9 Å². The molecule has 4 nitrogen and oxygen atoms in total. The minimum atomic E-state index is -0.974. The van der Waals surface area contributed by atoms with Crippen LogP contribution in [0.5, 0.6) is 0 Å². The number of benzene rings is 1. The van der Waals surface area contributed by atoms with Gasteiger partial charge in [0.05, 0.1) is 18.4 Å². The van der Waals surface area contributed by atoms with Crippen LogP contribution in [0.1, 0.15) is 5.56 Å². The van der Waals surface area contributed by atoms with Crippen LogP contribution in [0, 0.1) is 5.82 Å². The van der Waals surface area contributed by atoms with E-state index in [-0.39, 0.29) is 6.42 Å². The molecule has 3 rings (SSSR count). The van der Waals surface area contributed by atoms with E-state index in [0.29, 0.717) is 27.9 Å². The second-order valence-corrected chi connectivity index (χ2v) is 4.22. The van der Waals surface area contributed by atoms with Crippen LogP contribution < -0.4 is 0 Å². The summed E-state index contributed by atoms with van der Waals surface area (Å²) < 4.78 is 18.6. The quantitative estimate of drug-likeness (QED) is 0.759. The summed E-state index contributed by atoms with van der Waals surface area (Å²) in [5, 5.41) is 9.56. The second-order valence-electron chi connectivity index (χ2n) is 4.22. The minimum Gasteiger partial charge on any atom is -0.481 e. The standard InChI is InChI=1S/C14H10FNO3/c15-8-3-4-11-9(6-8)10(7-13(17)18)14(16-11)12-2-1-5-19-12/h1-6,16H,7H2,(H,17,18). The van der Waals surface area contributed by atoms with E-state index in [9.17, 15) is 9.18 Å². The zero-order valence-corrected chi connectivity index (χ0v) is 9.81. The van der Waals surface area contributed by atoms with Crippen molar-refractivity contribution in [3.05, 3.63) is 48.0 Å². The van der Waals surface area contributed by atoms with Gasteiger partial charge in [0.1, 0.15) is 11.6 Å². The topological polar surface area (TPSA) is 66.2 Å². The third kappa shape index (κ3) is 1.99. The molecule has 96 valence electrons. The van der Waals surface area contributed by atoms with Crippen molar-refractivity contribution in [2.75, 3.05) is 0 Å². The molecule has 0 bridgehead atoms. The highest BCUT2D eigenvalue weighted by molar-refractivity contribution is 5.93. The summed E-state index contributed by atoms with van der Waals surface area (Å²) >= 11 is 0.